The van der Waals surface area contributed by atoms with Crippen LogP contribution in [-0.2, 0) is 32.7 Å². The number of benzene rings is 4. The van der Waals surface area contributed by atoms with E-state index in [1.165, 1.54) is 16.7 Å². The summed E-state index contributed by atoms with van der Waals surface area (Å²) in [7, 11) is 0. The second-order valence-electron chi connectivity index (χ2n) is 6.56. The number of aliphatic imine (C=N–C) groups is 1. The van der Waals surface area contributed by atoms with Gasteiger partial charge in [0.05, 0.1) is 11.4 Å². The van der Waals surface area contributed by atoms with Crippen molar-refractivity contribution in [2.45, 2.75) is 4.90 Å². The molecule has 0 spiro atoms. The van der Waals surface area contributed by atoms with Crippen molar-refractivity contribution < 1.29 is 20.1 Å². The summed E-state index contributed by atoms with van der Waals surface area (Å²) in [5.41, 5.74) is 8.74. The minimum absolute atomic E-state index is 0. The average Bonchev–Trinajstić information content (AvgIpc) is 2.72. The monoisotopic (exact) mass is 555 g/mol. The Balaban J connectivity index is 0.00000192. The van der Waals surface area contributed by atoms with Gasteiger partial charge in [-0.2, -0.15) is 4.90 Å². The van der Waals surface area contributed by atoms with Gasteiger partial charge in [0, 0.05) is 31.2 Å². The fourth-order valence-electron chi connectivity index (χ4n) is 3.72. The Morgan fingerprint density at radius 3 is 1.54 bits per heavy atom. The van der Waals surface area contributed by atoms with Gasteiger partial charge in [-0.1, -0.05) is 91.0 Å². The van der Waals surface area contributed by atoms with Gasteiger partial charge in [0.2, 0.25) is 0 Å². The van der Waals surface area contributed by atoms with E-state index in [0.29, 0.717) is 0 Å². The summed E-state index contributed by atoms with van der Waals surface area (Å²) in [6, 6.07) is 33.4. The molecule has 0 aromatic heterocycles. The summed E-state index contributed by atoms with van der Waals surface area (Å²) in [6.07, 6.45) is 0. The molecule has 1 heterocycles. The molecule has 0 N–H and O–H groups in total. The van der Waals surface area contributed by atoms with Crippen molar-refractivity contribution >= 4 is 24.0 Å². The molecule has 0 atom stereocenters. The summed E-state index contributed by atoms with van der Waals surface area (Å²) < 4.78 is 0. The van der Waals surface area contributed by atoms with Crippen molar-refractivity contribution in [1.82, 2.24) is 0 Å². The van der Waals surface area contributed by atoms with Crippen LogP contribution in [0.3, 0.4) is 0 Å². The van der Waals surface area contributed by atoms with Crippen molar-refractivity contribution in [1.29, 1.82) is 0 Å². The van der Waals surface area contributed by atoms with Crippen LogP contribution in [0, 0.1) is 0 Å². The third kappa shape index (κ3) is 3.12. The molecule has 137 valence electrons. The predicted molar refractivity (Wildman–Crippen MR) is 115 cm³/mol. The van der Waals surface area contributed by atoms with E-state index in [1.807, 2.05) is 24.3 Å². The van der Waals surface area contributed by atoms with E-state index in [-0.39, 0.29) is 20.1 Å². The van der Waals surface area contributed by atoms with Crippen LogP contribution >= 0.6 is 0 Å². The molecule has 1 aliphatic rings. The normalized spacial score (nSPS) is 11.6. The number of para-hydroxylation sites is 1. The third-order valence-electron chi connectivity index (χ3n) is 4.97. The first kappa shape index (κ1) is 18.8. The quantitative estimate of drug-likeness (QED) is 0.218. The molecule has 0 fully saturated rings. The molecule has 28 heavy (non-hydrogen) atoms. The maximum atomic E-state index is 5.64. The molecule has 4 aromatic carbocycles. The molecule has 0 bridgehead atoms. The van der Waals surface area contributed by atoms with E-state index in [4.69, 9.17) is 17.6 Å². The molecule has 4 aromatic rings. The number of hydrogen-bond acceptors (Lipinski definition) is 2. The Bertz CT molecular complexity index is 1200. The van der Waals surface area contributed by atoms with Gasteiger partial charge in [0.1, 0.15) is 0 Å². The summed E-state index contributed by atoms with van der Waals surface area (Å²) in [5, 5.41) is 0. The number of fused-ring (bicyclic) bond motifs is 5. The Labute approximate surface area is 183 Å². The predicted octanol–water partition coefficient (Wildman–Crippen LogP) is 6.41. The fraction of sp³-hybridized carbons (Fsp3) is 0. The molecule has 1 nitrogen and oxygen atoms in total. The van der Waals surface area contributed by atoms with E-state index in [0.717, 1.165) is 33.0 Å². The van der Waals surface area contributed by atoms with Gasteiger partial charge in [0.25, 0.3) is 0 Å². The molecule has 5 rings (SSSR count). The average molecular weight is 555 g/mol. The smallest absolute Gasteiger partial charge is 0.0773 e. The summed E-state index contributed by atoms with van der Waals surface area (Å²) >= 11 is 5.64. The van der Waals surface area contributed by atoms with Crippen LogP contribution in [0.25, 0.3) is 22.3 Å². The van der Waals surface area contributed by atoms with E-state index < -0.39 is 0 Å². The van der Waals surface area contributed by atoms with E-state index in [9.17, 15) is 0 Å². The first-order valence-electron chi connectivity index (χ1n) is 8.96. The summed E-state index contributed by atoms with van der Waals surface area (Å²) in [6.45, 7) is 0. The van der Waals surface area contributed by atoms with Crippen LogP contribution < -0.4 is 0 Å². The van der Waals surface area contributed by atoms with Crippen molar-refractivity contribution in [2.24, 2.45) is 4.99 Å². The molecular weight excluding hydrogens is 539 g/mol. The third-order valence-corrected chi connectivity index (χ3v) is 5.32. The Hall–Kier alpha value is -2.58. The fourth-order valence-corrected chi connectivity index (χ4v) is 3.97. The van der Waals surface area contributed by atoms with Gasteiger partial charge in [-0.05, 0) is 28.3 Å². The van der Waals surface area contributed by atoms with E-state index in [2.05, 4.69) is 72.8 Å². The summed E-state index contributed by atoms with van der Waals surface area (Å²) in [5.74, 6) is 0. The molecule has 0 aliphatic carbocycles. The molecular formula is C25H16IrNS-. The number of nitrogens with zero attached hydrogens (tertiary/aromatic N) is 1. The maximum Gasteiger partial charge on any atom is 0.0773 e. The molecule has 0 unspecified atom stereocenters. The van der Waals surface area contributed by atoms with Crippen molar-refractivity contribution in [3.63, 3.8) is 0 Å². The van der Waals surface area contributed by atoms with Crippen molar-refractivity contribution in [3.8, 4) is 22.3 Å². The Kier molecular flexibility index (Phi) is 5.23. The SMILES string of the molecule is [Ir].[S-]c1ccccc1C1=Nc2ccccc2-c2ccccc2-c2ccccc21. The number of hydrogen-bond donors (Lipinski definition) is 0. The van der Waals surface area contributed by atoms with Gasteiger partial charge in [0.15, 0.2) is 0 Å². The molecule has 1 aliphatic heterocycles. The van der Waals surface area contributed by atoms with E-state index in [1.54, 1.807) is 0 Å². The van der Waals surface area contributed by atoms with Gasteiger partial charge < -0.3 is 12.6 Å². The second kappa shape index (κ2) is 7.81. The summed E-state index contributed by atoms with van der Waals surface area (Å²) in [4.78, 5) is 5.94. The minimum atomic E-state index is 0. The topological polar surface area (TPSA) is 12.4 Å². The second-order valence-corrected chi connectivity index (χ2v) is 7.00. The van der Waals surface area contributed by atoms with Crippen LogP contribution in [0.2, 0.25) is 0 Å². The Morgan fingerprint density at radius 2 is 0.893 bits per heavy atom. The first-order chi connectivity index (χ1) is 13.3. The van der Waals surface area contributed by atoms with Gasteiger partial charge in [-0.25, -0.2) is 4.99 Å². The zero-order chi connectivity index (χ0) is 18.2. The zero-order valence-electron chi connectivity index (χ0n) is 14.9. The molecule has 3 heteroatoms. The minimum Gasteiger partial charge on any atom is -0.779 e. The molecule has 0 saturated heterocycles. The van der Waals surface area contributed by atoms with Gasteiger partial charge in [-0.15, -0.1) is 0 Å². The maximum absolute atomic E-state index is 5.64. The van der Waals surface area contributed by atoms with Crippen LogP contribution in [-0.4, -0.2) is 5.71 Å². The standard InChI is InChI=1S/C25H17NS.Ir/c27-24-16-8-6-14-22(24)25-21-13-4-3-11-19(21)17-9-1-2-10-18(17)20-12-5-7-15-23(20)26-25;/h1-16,27H;/p-1. The van der Waals surface area contributed by atoms with Crippen LogP contribution in [0.5, 0.6) is 0 Å². The molecule has 0 saturated carbocycles. The number of rotatable bonds is 1. The van der Waals surface area contributed by atoms with Gasteiger partial charge in [-0.3, -0.25) is 0 Å². The van der Waals surface area contributed by atoms with E-state index >= 15 is 0 Å². The van der Waals surface area contributed by atoms with Crippen LogP contribution in [0.15, 0.2) is 107 Å². The molecule has 0 amide bonds. The van der Waals surface area contributed by atoms with Crippen LogP contribution in [0.4, 0.5) is 5.69 Å². The van der Waals surface area contributed by atoms with Crippen molar-refractivity contribution in [3.05, 3.63) is 108 Å². The largest absolute Gasteiger partial charge is 0.779 e. The Morgan fingerprint density at radius 1 is 0.464 bits per heavy atom. The molecule has 1 radical (unpaired) electrons. The zero-order valence-corrected chi connectivity index (χ0v) is 18.1. The van der Waals surface area contributed by atoms with Gasteiger partial charge >= 0.3 is 0 Å². The van der Waals surface area contributed by atoms with Crippen LogP contribution in [0.1, 0.15) is 11.1 Å². The first-order valence-corrected chi connectivity index (χ1v) is 9.37. The van der Waals surface area contributed by atoms with Crippen molar-refractivity contribution in [2.75, 3.05) is 0 Å².